The lowest BCUT2D eigenvalue weighted by Gasteiger charge is -2.70. The zero-order chi connectivity index (χ0) is 24.3. The van der Waals surface area contributed by atoms with E-state index >= 15 is 0 Å². The maximum atomic E-state index is 12.4. The molecule has 5 fully saturated rings. The van der Waals surface area contributed by atoms with Gasteiger partial charge < -0.3 is 34.6 Å². The van der Waals surface area contributed by atoms with Crippen LogP contribution in [0.2, 0.25) is 0 Å². The topological polar surface area (TPSA) is 126 Å². The van der Waals surface area contributed by atoms with Crippen LogP contribution >= 0.6 is 0 Å². The molecule has 4 saturated carbocycles. The van der Waals surface area contributed by atoms with Gasteiger partial charge in [-0.15, -0.1) is 0 Å². The molecule has 0 aromatic rings. The molecule has 0 radical (unpaired) electrons. The van der Waals surface area contributed by atoms with Gasteiger partial charge in [-0.3, -0.25) is 0 Å². The van der Waals surface area contributed by atoms with E-state index in [9.17, 15) is 25.2 Å². The summed E-state index contributed by atoms with van der Waals surface area (Å²) < 4.78 is 17.6. The van der Waals surface area contributed by atoms with Crippen molar-refractivity contribution in [3.63, 3.8) is 0 Å². The summed E-state index contributed by atoms with van der Waals surface area (Å²) in [6.07, 6.45) is 3.55. The van der Waals surface area contributed by atoms with Crippen molar-refractivity contribution in [3.05, 3.63) is 11.6 Å². The van der Waals surface area contributed by atoms with Crippen LogP contribution in [0.15, 0.2) is 11.6 Å². The van der Waals surface area contributed by atoms with Gasteiger partial charge >= 0.3 is 5.97 Å². The number of fused-ring (bicyclic) bond motifs is 8. The average molecular weight is 479 g/mol. The number of ether oxygens (including phenoxy) is 3. The number of carbonyl (C=O) groups is 1. The summed E-state index contributed by atoms with van der Waals surface area (Å²) in [6, 6.07) is 0. The first kappa shape index (κ1) is 23.4. The standard InChI is InChI=1S/C26H38O8/c1-22(2)33-15-9-19(34-22)25(13-27)21-17(4-6-24(25,30)10-15)26(31)7-5-16(14-8-20(29)32-12-14)23(26,3)11-18(21)28/h8,15-19,21,27-28,30-31H,4-7,9-13H2,1-3H3/t15-,16-,17-,18-,19+,21-,23-,24+,25-,26-/m1/s1. The van der Waals surface area contributed by atoms with Gasteiger partial charge in [0.05, 0.1) is 41.5 Å². The minimum Gasteiger partial charge on any atom is -0.458 e. The second-order valence-corrected chi connectivity index (χ2v) is 12.6. The van der Waals surface area contributed by atoms with Crippen molar-refractivity contribution >= 4 is 5.97 Å². The molecular weight excluding hydrogens is 440 g/mol. The molecule has 2 heterocycles. The molecule has 2 bridgehead atoms. The molecule has 0 aromatic carbocycles. The smallest absolute Gasteiger partial charge is 0.331 e. The normalized spacial score (nSPS) is 55.6. The van der Waals surface area contributed by atoms with Crippen molar-refractivity contribution in [2.24, 2.45) is 28.6 Å². The van der Waals surface area contributed by atoms with Crippen molar-refractivity contribution in [3.8, 4) is 0 Å². The summed E-state index contributed by atoms with van der Waals surface area (Å²) in [5, 5.41) is 47.2. The van der Waals surface area contributed by atoms with Crippen LogP contribution in [0.4, 0.5) is 0 Å². The number of esters is 1. The van der Waals surface area contributed by atoms with Gasteiger partial charge in [-0.2, -0.15) is 0 Å². The van der Waals surface area contributed by atoms with Crippen molar-refractivity contribution in [1.29, 1.82) is 0 Å². The predicted molar refractivity (Wildman–Crippen MR) is 119 cm³/mol. The van der Waals surface area contributed by atoms with E-state index in [0.29, 0.717) is 44.9 Å². The van der Waals surface area contributed by atoms with Crippen LogP contribution in [0.25, 0.3) is 0 Å². The maximum Gasteiger partial charge on any atom is 0.331 e. The molecule has 0 aromatic heterocycles. The fourth-order valence-corrected chi connectivity index (χ4v) is 9.65. The zero-order valence-electron chi connectivity index (χ0n) is 20.3. The Morgan fingerprint density at radius 2 is 1.85 bits per heavy atom. The van der Waals surface area contributed by atoms with Crippen LogP contribution in [0.5, 0.6) is 0 Å². The molecule has 10 atom stereocenters. The fourth-order valence-electron chi connectivity index (χ4n) is 9.65. The van der Waals surface area contributed by atoms with E-state index in [1.807, 2.05) is 20.8 Å². The fraction of sp³-hybridized carbons (Fsp3) is 0.885. The SMILES string of the molecule is CC1(C)O[C@@H]2C[C@H](O1)[C@]1(CO)[C@H]3[C@H](O)C[C@]4(C)[C@@H](C5=CC(=O)OC5)CC[C@@]4(O)[C@@H]3CC[C@]1(O)C2. The van der Waals surface area contributed by atoms with Crippen molar-refractivity contribution in [1.82, 2.24) is 0 Å². The van der Waals surface area contributed by atoms with Crippen LogP contribution in [0, 0.1) is 28.6 Å². The number of cyclic esters (lactones) is 1. The van der Waals surface area contributed by atoms with E-state index < -0.39 is 45.9 Å². The number of carbonyl (C=O) groups excluding carboxylic acids is 1. The lowest BCUT2D eigenvalue weighted by atomic mass is 9.40. The van der Waals surface area contributed by atoms with Crippen LogP contribution in [-0.2, 0) is 19.0 Å². The largest absolute Gasteiger partial charge is 0.458 e. The van der Waals surface area contributed by atoms with Crippen LogP contribution in [0.1, 0.15) is 65.7 Å². The van der Waals surface area contributed by atoms with E-state index in [1.165, 1.54) is 0 Å². The van der Waals surface area contributed by atoms with Gasteiger partial charge in [0.25, 0.3) is 0 Å². The highest BCUT2D eigenvalue weighted by molar-refractivity contribution is 5.85. The lowest BCUT2D eigenvalue weighted by molar-refractivity contribution is -0.398. The molecule has 190 valence electrons. The van der Waals surface area contributed by atoms with Gasteiger partial charge in [0.1, 0.15) is 6.61 Å². The third kappa shape index (κ3) is 2.73. The second-order valence-electron chi connectivity index (χ2n) is 12.6. The van der Waals surface area contributed by atoms with Gasteiger partial charge in [-0.1, -0.05) is 6.92 Å². The average Bonchev–Trinajstić information content (AvgIpc) is 3.27. The lowest BCUT2D eigenvalue weighted by Crippen LogP contribution is -2.77. The minimum absolute atomic E-state index is 0.0561. The summed E-state index contributed by atoms with van der Waals surface area (Å²) in [7, 11) is 0. The summed E-state index contributed by atoms with van der Waals surface area (Å²) >= 11 is 0. The van der Waals surface area contributed by atoms with Crippen LogP contribution in [-0.4, -0.2) is 74.9 Å². The summed E-state index contributed by atoms with van der Waals surface area (Å²) in [4.78, 5) is 11.8. The Kier molecular flexibility index (Phi) is 4.84. The van der Waals surface area contributed by atoms with E-state index in [1.54, 1.807) is 6.08 Å². The number of aliphatic hydroxyl groups excluding tert-OH is 2. The third-order valence-corrected chi connectivity index (χ3v) is 10.9. The van der Waals surface area contributed by atoms with Gasteiger partial charge in [0.2, 0.25) is 0 Å². The molecule has 8 heteroatoms. The van der Waals surface area contributed by atoms with Crippen molar-refractivity contribution in [2.75, 3.05) is 13.2 Å². The Morgan fingerprint density at radius 3 is 2.53 bits per heavy atom. The molecule has 8 nitrogen and oxygen atoms in total. The number of rotatable bonds is 2. The highest BCUT2D eigenvalue weighted by Gasteiger charge is 2.76. The van der Waals surface area contributed by atoms with Crippen molar-refractivity contribution < 1.29 is 39.4 Å². The molecule has 4 N–H and O–H groups in total. The summed E-state index contributed by atoms with van der Waals surface area (Å²) in [6.45, 7) is 5.66. The highest BCUT2D eigenvalue weighted by atomic mass is 16.7. The van der Waals surface area contributed by atoms with Crippen LogP contribution in [0.3, 0.4) is 0 Å². The zero-order valence-corrected chi connectivity index (χ0v) is 20.3. The molecular formula is C26H38O8. The monoisotopic (exact) mass is 478 g/mol. The molecule has 0 unspecified atom stereocenters. The molecule has 0 spiro atoms. The van der Waals surface area contributed by atoms with Gasteiger partial charge in [0, 0.05) is 30.3 Å². The molecule has 2 aliphatic heterocycles. The molecule has 6 rings (SSSR count). The molecule has 6 aliphatic rings. The van der Waals surface area contributed by atoms with Gasteiger partial charge in [0.15, 0.2) is 5.79 Å². The van der Waals surface area contributed by atoms with Gasteiger partial charge in [-0.25, -0.2) is 4.79 Å². The Balaban J connectivity index is 1.43. The number of aliphatic hydroxyl groups is 4. The molecule has 34 heavy (non-hydrogen) atoms. The summed E-state index contributed by atoms with van der Waals surface area (Å²) in [5.41, 5.74) is -3.16. The van der Waals surface area contributed by atoms with E-state index in [-0.39, 0.29) is 37.1 Å². The van der Waals surface area contributed by atoms with E-state index in [4.69, 9.17) is 14.2 Å². The first-order valence-corrected chi connectivity index (χ1v) is 12.9. The highest BCUT2D eigenvalue weighted by Crippen LogP contribution is 2.71. The quantitative estimate of drug-likeness (QED) is 0.439. The maximum absolute atomic E-state index is 12.4. The minimum atomic E-state index is -1.25. The Morgan fingerprint density at radius 1 is 1.09 bits per heavy atom. The first-order chi connectivity index (χ1) is 15.9. The predicted octanol–water partition coefficient (Wildman–Crippen LogP) is 1.43. The third-order valence-electron chi connectivity index (χ3n) is 10.9. The molecule has 0 amide bonds. The number of hydrogen-bond acceptors (Lipinski definition) is 8. The molecule has 1 saturated heterocycles. The van der Waals surface area contributed by atoms with E-state index in [2.05, 4.69) is 0 Å². The van der Waals surface area contributed by atoms with Gasteiger partial charge in [-0.05, 0) is 63.4 Å². The number of hydrogen-bond donors (Lipinski definition) is 4. The second kappa shape index (κ2) is 7.05. The van der Waals surface area contributed by atoms with Crippen molar-refractivity contribution in [2.45, 2.75) is 101 Å². The Hall–Kier alpha value is -1.03. The Labute approximate surface area is 200 Å². The van der Waals surface area contributed by atoms with Crippen LogP contribution < -0.4 is 0 Å². The first-order valence-electron chi connectivity index (χ1n) is 12.9. The van der Waals surface area contributed by atoms with E-state index in [0.717, 1.165) is 5.57 Å². The summed E-state index contributed by atoms with van der Waals surface area (Å²) in [5.74, 6) is -2.07. The molecule has 4 aliphatic carbocycles. The Bertz CT molecular complexity index is 932.